The summed E-state index contributed by atoms with van der Waals surface area (Å²) in [6.45, 7) is 10.3. The second kappa shape index (κ2) is 8.38. The first-order chi connectivity index (χ1) is 12.2. The van der Waals surface area contributed by atoms with Crippen LogP contribution in [0, 0.1) is 0 Å². The molecule has 2 heterocycles. The molecule has 0 aliphatic carbocycles. The molecule has 1 aliphatic rings. The van der Waals surface area contributed by atoms with Gasteiger partial charge in [0.1, 0.15) is 11.3 Å². The number of rotatable bonds is 4. The number of anilines is 1. The maximum Gasteiger partial charge on any atom is 0.410 e. The lowest BCUT2D eigenvalue weighted by molar-refractivity contribution is 0.0240. The molecule has 0 spiro atoms. The number of ether oxygens (including phenoxy) is 2. The number of carbonyl (C=O) groups excluding carboxylic acids is 2. The summed E-state index contributed by atoms with van der Waals surface area (Å²) in [6.07, 6.45) is 3.29. The van der Waals surface area contributed by atoms with E-state index in [1.807, 2.05) is 26.8 Å². The van der Waals surface area contributed by atoms with E-state index in [1.165, 1.54) is 7.11 Å². The third kappa shape index (κ3) is 5.09. The van der Waals surface area contributed by atoms with Gasteiger partial charge in [0.15, 0.2) is 0 Å². The van der Waals surface area contributed by atoms with E-state index in [1.54, 1.807) is 11.1 Å². The van der Waals surface area contributed by atoms with Gasteiger partial charge in [-0.3, -0.25) is 0 Å². The van der Waals surface area contributed by atoms with Gasteiger partial charge in [-0.2, -0.15) is 0 Å². The van der Waals surface area contributed by atoms with Crippen LogP contribution in [-0.4, -0.2) is 60.8 Å². The minimum Gasteiger partial charge on any atom is -0.464 e. The molecular formula is C19H29N3O4. The van der Waals surface area contributed by atoms with Gasteiger partial charge in [0.25, 0.3) is 0 Å². The standard InChI is InChI=1S/C19H29N3O4/c1-6-7-14-12-15(17(23)25-5)20-13-16(14)21-8-10-22(11-9-21)18(24)26-19(2,3)4/h12-13H,6-11H2,1-5H3. The number of aromatic nitrogens is 1. The summed E-state index contributed by atoms with van der Waals surface area (Å²) in [7, 11) is 1.35. The van der Waals surface area contributed by atoms with Crippen molar-refractivity contribution in [2.24, 2.45) is 0 Å². The average molecular weight is 363 g/mol. The van der Waals surface area contributed by atoms with E-state index in [0.29, 0.717) is 31.9 Å². The average Bonchev–Trinajstić information content (AvgIpc) is 2.60. The molecule has 0 unspecified atom stereocenters. The normalized spacial score (nSPS) is 15.0. The summed E-state index contributed by atoms with van der Waals surface area (Å²) in [5.41, 5.74) is 1.93. The number of piperazine rings is 1. The Hall–Kier alpha value is -2.31. The number of hydrogen-bond donors (Lipinski definition) is 0. The van der Waals surface area contributed by atoms with E-state index in [0.717, 1.165) is 24.1 Å². The molecule has 7 nitrogen and oxygen atoms in total. The van der Waals surface area contributed by atoms with E-state index in [-0.39, 0.29) is 6.09 Å². The minimum atomic E-state index is -0.490. The van der Waals surface area contributed by atoms with Crippen molar-refractivity contribution in [2.75, 3.05) is 38.2 Å². The van der Waals surface area contributed by atoms with Crippen LogP contribution in [0.4, 0.5) is 10.5 Å². The van der Waals surface area contributed by atoms with Crippen LogP contribution in [0.5, 0.6) is 0 Å². The second-order valence-corrected chi connectivity index (χ2v) is 7.39. The number of carbonyl (C=O) groups is 2. The van der Waals surface area contributed by atoms with Crippen LogP contribution in [-0.2, 0) is 15.9 Å². The second-order valence-electron chi connectivity index (χ2n) is 7.39. The van der Waals surface area contributed by atoms with Crippen LogP contribution >= 0.6 is 0 Å². The van der Waals surface area contributed by atoms with E-state index in [4.69, 9.17) is 9.47 Å². The predicted molar refractivity (Wildman–Crippen MR) is 99.6 cm³/mol. The Morgan fingerprint density at radius 3 is 2.38 bits per heavy atom. The van der Waals surface area contributed by atoms with Crippen molar-refractivity contribution in [3.05, 3.63) is 23.5 Å². The number of nitrogens with zero attached hydrogens (tertiary/aromatic N) is 3. The van der Waals surface area contributed by atoms with Crippen molar-refractivity contribution >= 4 is 17.7 Å². The third-order valence-corrected chi connectivity index (χ3v) is 4.15. The largest absolute Gasteiger partial charge is 0.464 e. The number of methoxy groups -OCH3 is 1. The summed E-state index contributed by atoms with van der Waals surface area (Å²) in [6, 6.07) is 1.81. The summed E-state index contributed by atoms with van der Waals surface area (Å²) in [5, 5.41) is 0. The fourth-order valence-electron chi connectivity index (χ4n) is 2.92. The van der Waals surface area contributed by atoms with Crippen LogP contribution in [0.25, 0.3) is 0 Å². The number of pyridine rings is 1. The van der Waals surface area contributed by atoms with Crippen LogP contribution in [0.3, 0.4) is 0 Å². The van der Waals surface area contributed by atoms with E-state index in [9.17, 15) is 9.59 Å². The van der Waals surface area contributed by atoms with Gasteiger partial charge in [0, 0.05) is 26.2 Å². The van der Waals surface area contributed by atoms with Crippen LogP contribution in [0.2, 0.25) is 0 Å². The highest BCUT2D eigenvalue weighted by atomic mass is 16.6. The molecule has 0 aromatic carbocycles. The fourth-order valence-corrected chi connectivity index (χ4v) is 2.92. The van der Waals surface area contributed by atoms with Crippen molar-refractivity contribution in [1.82, 2.24) is 9.88 Å². The van der Waals surface area contributed by atoms with Gasteiger partial charge in [-0.1, -0.05) is 13.3 Å². The lowest BCUT2D eigenvalue weighted by Crippen LogP contribution is -2.50. The molecule has 0 bridgehead atoms. The maximum absolute atomic E-state index is 12.2. The third-order valence-electron chi connectivity index (χ3n) is 4.15. The molecular weight excluding hydrogens is 334 g/mol. The SMILES string of the molecule is CCCc1cc(C(=O)OC)ncc1N1CCN(C(=O)OC(C)(C)C)CC1. The molecule has 1 aromatic rings. The summed E-state index contributed by atoms with van der Waals surface area (Å²) in [4.78, 5) is 32.1. The zero-order valence-electron chi connectivity index (χ0n) is 16.4. The lowest BCUT2D eigenvalue weighted by Gasteiger charge is -2.37. The monoisotopic (exact) mass is 363 g/mol. The molecule has 0 N–H and O–H groups in total. The zero-order chi connectivity index (χ0) is 19.3. The molecule has 1 saturated heterocycles. The van der Waals surface area contributed by atoms with Gasteiger partial charge in [0.2, 0.25) is 0 Å². The van der Waals surface area contributed by atoms with Crippen molar-refractivity contribution in [2.45, 2.75) is 46.1 Å². The number of hydrogen-bond acceptors (Lipinski definition) is 6. The molecule has 1 amide bonds. The summed E-state index contributed by atoms with van der Waals surface area (Å²) in [5.74, 6) is -0.427. The van der Waals surface area contributed by atoms with Gasteiger partial charge in [-0.05, 0) is 38.8 Å². The molecule has 2 rings (SSSR count). The topological polar surface area (TPSA) is 72.0 Å². The number of amides is 1. The Morgan fingerprint density at radius 2 is 1.85 bits per heavy atom. The smallest absolute Gasteiger partial charge is 0.410 e. The highest BCUT2D eigenvalue weighted by Gasteiger charge is 2.27. The van der Waals surface area contributed by atoms with Crippen LogP contribution in [0.1, 0.15) is 50.2 Å². The van der Waals surface area contributed by atoms with E-state index in [2.05, 4.69) is 16.8 Å². The molecule has 1 fully saturated rings. The van der Waals surface area contributed by atoms with Gasteiger partial charge in [-0.15, -0.1) is 0 Å². The molecule has 0 atom stereocenters. The van der Waals surface area contributed by atoms with Crippen molar-refractivity contribution in [3.8, 4) is 0 Å². The Bertz CT molecular complexity index is 647. The van der Waals surface area contributed by atoms with Gasteiger partial charge in [-0.25, -0.2) is 14.6 Å². The first-order valence-electron chi connectivity index (χ1n) is 9.05. The number of aryl methyl sites for hydroxylation is 1. The summed E-state index contributed by atoms with van der Waals surface area (Å²) < 4.78 is 10.2. The molecule has 26 heavy (non-hydrogen) atoms. The van der Waals surface area contributed by atoms with Crippen LogP contribution < -0.4 is 4.90 Å². The Balaban J connectivity index is 2.08. The molecule has 0 radical (unpaired) electrons. The van der Waals surface area contributed by atoms with Crippen LogP contribution in [0.15, 0.2) is 12.3 Å². The van der Waals surface area contributed by atoms with E-state index < -0.39 is 11.6 Å². The van der Waals surface area contributed by atoms with E-state index >= 15 is 0 Å². The molecule has 7 heteroatoms. The Kier molecular flexibility index (Phi) is 6.45. The van der Waals surface area contributed by atoms with Gasteiger partial charge < -0.3 is 19.3 Å². The minimum absolute atomic E-state index is 0.273. The Labute approximate surface area is 155 Å². The molecule has 0 saturated carbocycles. The number of esters is 1. The molecule has 1 aliphatic heterocycles. The summed E-state index contributed by atoms with van der Waals surface area (Å²) >= 11 is 0. The highest BCUT2D eigenvalue weighted by Crippen LogP contribution is 2.24. The molecule has 144 valence electrons. The zero-order valence-corrected chi connectivity index (χ0v) is 16.4. The fraction of sp³-hybridized carbons (Fsp3) is 0.632. The van der Waals surface area contributed by atoms with Crippen molar-refractivity contribution in [3.63, 3.8) is 0 Å². The van der Waals surface area contributed by atoms with Crippen molar-refractivity contribution < 1.29 is 19.1 Å². The Morgan fingerprint density at radius 1 is 1.19 bits per heavy atom. The first-order valence-corrected chi connectivity index (χ1v) is 9.05. The predicted octanol–water partition coefficient (Wildman–Crippen LogP) is 2.88. The highest BCUT2D eigenvalue weighted by molar-refractivity contribution is 5.87. The molecule has 1 aromatic heterocycles. The van der Waals surface area contributed by atoms with Crippen molar-refractivity contribution in [1.29, 1.82) is 0 Å². The quantitative estimate of drug-likeness (QED) is 0.766. The maximum atomic E-state index is 12.2. The lowest BCUT2D eigenvalue weighted by atomic mass is 10.1. The van der Waals surface area contributed by atoms with Gasteiger partial charge >= 0.3 is 12.1 Å². The first kappa shape index (κ1) is 20.0. The van der Waals surface area contributed by atoms with Gasteiger partial charge in [0.05, 0.1) is 19.0 Å².